The van der Waals surface area contributed by atoms with E-state index in [9.17, 15) is 4.79 Å². The zero-order chi connectivity index (χ0) is 17.7. The highest BCUT2D eigenvalue weighted by Gasteiger charge is 2.39. The largest absolute Gasteiger partial charge is 0.384 e. The molecule has 2 aliphatic rings. The van der Waals surface area contributed by atoms with Gasteiger partial charge in [-0.25, -0.2) is 0 Å². The molecule has 1 aromatic carbocycles. The summed E-state index contributed by atoms with van der Waals surface area (Å²) in [6, 6.07) is 8.26. The normalized spacial score (nSPS) is 21.1. The summed E-state index contributed by atoms with van der Waals surface area (Å²) in [5.74, 6) is 0.896. The molecule has 1 aromatic rings. The van der Waals surface area contributed by atoms with Crippen molar-refractivity contribution in [3.8, 4) is 0 Å². The lowest BCUT2D eigenvalue weighted by Gasteiger charge is -2.35. The highest BCUT2D eigenvalue weighted by molar-refractivity contribution is 5.96. The molecule has 0 spiro atoms. The first kappa shape index (κ1) is 18.2. The van der Waals surface area contributed by atoms with Crippen LogP contribution in [0.4, 0.5) is 11.4 Å². The van der Waals surface area contributed by atoms with Gasteiger partial charge in [0.05, 0.1) is 12.0 Å². The minimum Gasteiger partial charge on any atom is -0.384 e. The Hall–Kier alpha value is -1.59. The summed E-state index contributed by atoms with van der Waals surface area (Å²) in [5.41, 5.74) is 1.67. The molecule has 2 N–H and O–H groups in total. The van der Waals surface area contributed by atoms with E-state index in [0.717, 1.165) is 50.6 Å². The minimum atomic E-state index is -0.420. The van der Waals surface area contributed by atoms with Gasteiger partial charge in [0, 0.05) is 31.6 Å². The number of methoxy groups -OCH3 is 1. The molecular weight excluding hydrogens is 314 g/mol. The van der Waals surface area contributed by atoms with Crippen LogP contribution >= 0.6 is 0 Å². The van der Waals surface area contributed by atoms with Crippen molar-refractivity contribution in [2.45, 2.75) is 32.6 Å². The second-order valence-corrected chi connectivity index (χ2v) is 7.64. The number of carbonyl (C=O) groups excluding carboxylic acids is 1. The Balaban J connectivity index is 1.69. The fourth-order valence-electron chi connectivity index (χ4n) is 3.93. The summed E-state index contributed by atoms with van der Waals surface area (Å²) in [5, 5.41) is 6.48. The number of anilines is 2. The minimum absolute atomic E-state index is 0.0836. The first-order chi connectivity index (χ1) is 12.1. The third kappa shape index (κ3) is 4.33. The van der Waals surface area contributed by atoms with Gasteiger partial charge in [0.2, 0.25) is 5.91 Å². The predicted molar refractivity (Wildman–Crippen MR) is 102 cm³/mol. The summed E-state index contributed by atoms with van der Waals surface area (Å²) < 4.78 is 5.38. The van der Waals surface area contributed by atoms with Crippen molar-refractivity contribution in [3.05, 3.63) is 24.3 Å². The molecule has 2 saturated heterocycles. The molecule has 5 nitrogen and oxygen atoms in total. The van der Waals surface area contributed by atoms with E-state index in [0.29, 0.717) is 6.61 Å². The van der Waals surface area contributed by atoms with Crippen molar-refractivity contribution in [1.82, 2.24) is 5.32 Å². The van der Waals surface area contributed by atoms with Crippen LogP contribution in [-0.2, 0) is 9.53 Å². The van der Waals surface area contributed by atoms with Crippen LogP contribution in [0.1, 0.15) is 32.6 Å². The van der Waals surface area contributed by atoms with Crippen LogP contribution in [-0.4, -0.2) is 45.8 Å². The second kappa shape index (κ2) is 8.19. The van der Waals surface area contributed by atoms with E-state index < -0.39 is 5.41 Å². The van der Waals surface area contributed by atoms with Crippen molar-refractivity contribution in [3.63, 3.8) is 0 Å². The fourth-order valence-corrected chi connectivity index (χ4v) is 3.93. The van der Waals surface area contributed by atoms with E-state index in [1.807, 2.05) is 12.1 Å². The van der Waals surface area contributed by atoms with Crippen molar-refractivity contribution in [2.24, 2.45) is 11.3 Å². The molecule has 0 unspecified atom stereocenters. The average molecular weight is 345 g/mol. The number of hydrogen-bond acceptors (Lipinski definition) is 4. The Morgan fingerprint density at radius 2 is 2.04 bits per heavy atom. The van der Waals surface area contributed by atoms with Crippen LogP contribution in [0.15, 0.2) is 24.3 Å². The number of amides is 1. The molecule has 3 rings (SSSR count). The molecule has 0 bridgehead atoms. The standard InChI is InChI=1S/C20H31N3O2/c1-16-6-12-23(13-7-16)18-5-3-4-17(14-18)22-19(24)20(15-25-2)8-10-21-11-9-20/h3-5,14,16,21H,6-13,15H2,1-2H3,(H,22,24). The third-order valence-electron chi connectivity index (χ3n) is 5.72. The number of carbonyl (C=O) groups is 1. The van der Waals surface area contributed by atoms with Crippen molar-refractivity contribution >= 4 is 17.3 Å². The average Bonchev–Trinajstić information content (AvgIpc) is 2.63. The fraction of sp³-hybridized carbons (Fsp3) is 0.650. The first-order valence-corrected chi connectivity index (χ1v) is 9.49. The maximum atomic E-state index is 13.0. The third-order valence-corrected chi connectivity index (χ3v) is 5.72. The lowest BCUT2D eigenvalue weighted by atomic mass is 9.78. The molecule has 0 radical (unpaired) electrons. The lowest BCUT2D eigenvalue weighted by Crippen LogP contribution is -2.47. The number of hydrogen-bond donors (Lipinski definition) is 2. The summed E-state index contributed by atoms with van der Waals surface area (Å²) in [4.78, 5) is 15.4. The molecule has 138 valence electrons. The zero-order valence-electron chi connectivity index (χ0n) is 15.5. The monoisotopic (exact) mass is 345 g/mol. The molecule has 0 saturated carbocycles. The van der Waals surface area contributed by atoms with Gasteiger partial charge in [-0.05, 0) is 62.9 Å². The molecule has 0 aliphatic carbocycles. The van der Waals surface area contributed by atoms with Gasteiger partial charge in [-0.15, -0.1) is 0 Å². The number of nitrogens with one attached hydrogen (secondary N) is 2. The van der Waals surface area contributed by atoms with Gasteiger partial charge in [-0.3, -0.25) is 4.79 Å². The van der Waals surface area contributed by atoms with Crippen molar-refractivity contribution in [2.75, 3.05) is 50.1 Å². The summed E-state index contributed by atoms with van der Waals surface area (Å²) >= 11 is 0. The maximum absolute atomic E-state index is 13.0. The van der Waals surface area contributed by atoms with E-state index in [4.69, 9.17) is 4.74 Å². The number of benzene rings is 1. The molecule has 2 heterocycles. The van der Waals surface area contributed by atoms with Crippen molar-refractivity contribution < 1.29 is 9.53 Å². The van der Waals surface area contributed by atoms with Crippen LogP contribution in [0.2, 0.25) is 0 Å². The van der Waals surface area contributed by atoms with Gasteiger partial charge in [0.1, 0.15) is 0 Å². The van der Waals surface area contributed by atoms with Gasteiger partial charge in [-0.2, -0.15) is 0 Å². The molecule has 0 aromatic heterocycles. The van der Waals surface area contributed by atoms with Crippen LogP contribution < -0.4 is 15.5 Å². The lowest BCUT2D eigenvalue weighted by molar-refractivity contribution is -0.130. The van der Waals surface area contributed by atoms with E-state index in [1.165, 1.54) is 18.5 Å². The van der Waals surface area contributed by atoms with E-state index in [1.54, 1.807) is 7.11 Å². The maximum Gasteiger partial charge on any atom is 0.233 e. The summed E-state index contributed by atoms with van der Waals surface area (Å²) in [7, 11) is 1.68. The quantitative estimate of drug-likeness (QED) is 0.862. The molecule has 2 aliphatic heterocycles. The first-order valence-electron chi connectivity index (χ1n) is 9.49. The van der Waals surface area contributed by atoms with Crippen LogP contribution in [0.3, 0.4) is 0 Å². The van der Waals surface area contributed by atoms with Gasteiger partial charge in [-0.1, -0.05) is 13.0 Å². The topological polar surface area (TPSA) is 53.6 Å². The van der Waals surface area contributed by atoms with E-state index in [2.05, 4.69) is 34.6 Å². The SMILES string of the molecule is COCC1(C(=O)Nc2cccc(N3CCC(C)CC3)c2)CCNCC1. The Labute approximate surface area is 151 Å². The van der Waals surface area contributed by atoms with Gasteiger partial charge >= 0.3 is 0 Å². The summed E-state index contributed by atoms with van der Waals surface area (Å²) in [6.07, 6.45) is 4.10. The Morgan fingerprint density at radius 1 is 1.32 bits per heavy atom. The molecule has 2 fully saturated rings. The highest BCUT2D eigenvalue weighted by Crippen LogP contribution is 2.32. The highest BCUT2D eigenvalue weighted by atomic mass is 16.5. The van der Waals surface area contributed by atoms with Gasteiger partial charge in [0.25, 0.3) is 0 Å². The Bertz CT molecular complexity index is 571. The summed E-state index contributed by atoms with van der Waals surface area (Å²) in [6.45, 7) is 6.72. The molecule has 1 amide bonds. The number of nitrogens with zero attached hydrogens (tertiary/aromatic N) is 1. The smallest absolute Gasteiger partial charge is 0.233 e. The molecule has 0 atom stereocenters. The predicted octanol–water partition coefficient (Wildman–Crippen LogP) is 2.88. The number of rotatable bonds is 5. The number of piperidine rings is 2. The second-order valence-electron chi connectivity index (χ2n) is 7.64. The number of ether oxygens (including phenoxy) is 1. The van der Waals surface area contributed by atoms with E-state index >= 15 is 0 Å². The van der Waals surface area contributed by atoms with Crippen LogP contribution in [0.5, 0.6) is 0 Å². The van der Waals surface area contributed by atoms with Crippen molar-refractivity contribution in [1.29, 1.82) is 0 Å². The van der Waals surface area contributed by atoms with Gasteiger partial charge in [0.15, 0.2) is 0 Å². The molecule has 25 heavy (non-hydrogen) atoms. The zero-order valence-corrected chi connectivity index (χ0v) is 15.5. The Kier molecular flexibility index (Phi) is 5.97. The van der Waals surface area contributed by atoms with Crippen LogP contribution in [0, 0.1) is 11.3 Å². The van der Waals surface area contributed by atoms with Crippen LogP contribution in [0.25, 0.3) is 0 Å². The van der Waals surface area contributed by atoms with E-state index in [-0.39, 0.29) is 5.91 Å². The molecular formula is C20H31N3O2. The molecule has 5 heteroatoms. The van der Waals surface area contributed by atoms with Gasteiger partial charge < -0.3 is 20.3 Å². The Morgan fingerprint density at radius 3 is 2.72 bits per heavy atom.